The van der Waals surface area contributed by atoms with Crippen LogP contribution in [0.1, 0.15) is 59.3 Å². The summed E-state index contributed by atoms with van der Waals surface area (Å²) in [5, 5.41) is 3.22. The second-order valence-corrected chi connectivity index (χ2v) is 7.80. The molecule has 0 bridgehead atoms. The van der Waals surface area contributed by atoms with Crippen molar-refractivity contribution in [3.63, 3.8) is 0 Å². The van der Waals surface area contributed by atoms with Gasteiger partial charge in [-0.1, -0.05) is 46.5 Å². The minimum Gasteiger partial charge on any atom is -0.316 e. The number of nitrogens with one attached hydrogen (secondary N) is 1. The molecule has 110 valence electrons. The Hall–Kier alpha value is -0.0900. The van der Waals surface area contributed by atoms with Crippen LogP contribution in [0.5, 0.6) is 0 Å². The van der Waals surface area contributed by atoms with Crippen molar-refractivity contribution in [3.8, 4) is 0 Å². The maximum absolute atomic E-state index is 11.4. The summed E-state index contributed by atoms with van der Waals surface area (Å²) in [5.41, 5.74) is 0. The standard InChI is InChI=1S/C14H31NO2S/c1-4-12-18(16,17)13-11-15-10-8-6-5-7-9-14(2)3/h14-15H,4-13H2,1-3H3. The van der Waals surface area contributed by atoms with Crippen molar-refractivity contribution in [3.05, 3.63) is 0 Å². The van der Waals surface area contributed by atoms with E-state index in [9.17, 15) is 8.42 Å². The van der Waals surface area contributed by atoms with Crippen LogP contribution in [0.4, 0.5) is 0 Å². The molecule has 0 radical (unpaired) electrons. The summed E-state index contributed by atoms with van der Waals surface area (Å²) in [4.78, 5) is 0. The number of rotatable bonds is 12. The van der Waals surface area contributed by atoms with E-state index in [0.717, 1.165) is 25.3 Å². The molecule has 1 N–H and O–H groups in total. The average Bonchev–Trinajstić information content (AvgIpc) is 2.26. The van der Waals surface area contributed by atoms with Crippen molar-refractivity contribution in [1.82, 2.24) is 5.32 Å². The quantitative estimate of drug-likeness (QED) is 0.558. The van der Waals surface area contributed by atoms with E-state index in [1.54, 1.807) is 0 Å². The molecule has 0 aromatic rings. The molecule has 0 aromatic heterocycles. The van der Waals surface area contributed by atoms with Crippen molar-refractivity contribution < 1.29 is 8.42 Å². The van der Waals surface area contributed by atoms with Gasteiger partial charge in [-0.25, -0.2) is 8.42 Å². The van der Waals surface area contributed by atoms with Crippen LogP contribution in [-0.2, 0) is 9.84 Å². The highest BCUT2D eigenvalue weighted by Gasteiger charge is 2.07. The van der Waals surface area contributed by atoms with Gasteiger partial charge in [-0.3, -0.25) is 0 Å². The fourth-order valence-electron chi connectivity index (χ4n) is 1.92. The highest BCUT2D eigenvalue weighted by Crippen LogP contribution is 2.08. The molecule has 0 atom stereocenters. The molecule has 0 aliphatic rings. The van der Waals surface area contributed by atoms with Crippen molar-refractivity contribution >= 4 is 9.84 Å². The van der Waals surface area contributed by atoms with Crippen LogP contribution in [0.25, 0.3) is 0 Å². The van der Waals surface area contributed by atoms with E-state index in [1.165, 1.54) is 25.7 Å². The molecule has 0 aromatic carbocycles. The maximum atomic E-state index is 11.4. The van der Waals surface area contributed by atoms with Crippen LogP contribution >= 0.6 is 0 Å². The molecular formula is C14H31NO2S. The Morgan fingerprint density at radius 1 is 0.944 bits per heavy atom. The third-order valence-electron chi connectivity index (χ3n) is 2.99. The zero-order valence-corrected chi connectivity index (χ0v) is 13.2. The molecule has 0 aliphatic carbocycles. The van der Waals surface area contributed by atoms with E-state index in [4.69, 9.17) is 0 Å². The summed E-state index contributed by atoms with van der Waals surface area (Å²) in [7, 11) is -2.81. The van der Waals surface area contributed by atoms with E-state index in [-0.39, 0.29) is 5.75 Å². The summed E-state index contributed by atoms with van der Waals surface area (Å²) in [6.07, 6.45) is 7.07. The molecule has 4 heteroatoms. The van der Waals surface area contributed by atoms with Crippen molar-refractivity contribution in [1.29, 1.82) is 0 Å². The van der Waals surface area contributed by atoms with Crippen LogP contribution in [0.2, 0.25) is 0 Å². The number of hydrogen-bond acceptors (Lipinski definition) is 3. The van der Waals surface area contributed by atoms with Crippen molar-refractivity contribution in [2.24, 2.45) is 5.92 Å². The first-order chi connectivity index (χ1) is 8.48. The van der Waals surface area contributed by atoms with Gasteiger partial charge in [-0.05, 0) is 25.3 Å². The number of sulfone groups is 1. The Kier molecular flexibility index (Phi) is 10.7. The normalized spacial score (nSPS) is 12.2. The molecule has 0 fully saturated rings. The van der Waals surface area contributed by atoms with Gasteiger partial charge in [-0.2, -0.15) is 0 Å². The smallest absolute Gasteiger partial charge is 0.151 e. The van der Waals surface area contributed by atoms with E-state index in [0.29, 0.717) is 12.3 Å². The molecule has 0 unspecified atom stereocenters. The second-order valence-electron chi connectivity index (χ2n) is 5.50. The van der Waals surface area contributed by atoms with Crippen LogP contribution in [-0.4, -0.2) is 33.0 Å². The first-order valence-electron chi connectivity index (χ1n) is 7.39. The van der Waals surface area contributed by atoms with Gasteiger partial charge in [-0.15, -0.1) is 0 Å². The van der Waals surface area contributed by atoms with Gasteiger partial charge < -0.3 is 5.32 Å². The number of hydrogen-bond donors (Lipinski definition) is 1. The SMILES string of the molecule is CCCS(=O)(=O)CCNCCCCCCC(C)C. The minimum absolute atomic E-state index is 0.286. The molecule has 0 saturated heterocycles. The Balaban J connectivity index is 3.26. The lowest BCUT2D eigenvalue weighted by molar-refractivity contribution is 0.514. The third-order valence-corrected chi connectivity index (χ3v) is 4.85. The largest absolute Gasteiger partial charge is 0.316 e. The van der Waals surface area contributed by atoms with Gasteiger partial charge in [0.1, 0.15) is 0 Å². The third kappa shape index (κ3) is 12.4. The van der Waals surface area contributed by atoms with Gasteiger partial charge in [0.15, 0.2) is 9.84 Å². The Bertz CT molecular complexity index is 274. The lowest BCUT2D eigenvalue weighted by Crippen LogP contribution is -2.25. The highest BCUT2D eigenvalue weighted by molar-refractivity contribution is 7.91. The first-order valence-corrected chi connectivity index (χ1v) is 9.21. The molecule has 0 rings (SSSR count). The lowest BCUT2D eigenvalue weighted by atomic mass is 10.0. The summed E-state index contributed by atoms with van der Waals surface area (Å²) in [5.74, 6) is 1.42. The van der Waals surface area contributed by atoms with E-state index >= 15 is 0 Å². The van der Waals surface area contributed by atoms with Gasteiger partial charge in [0, 0.05) is 12.3 Å². The lowest BCUT2D eigenvalue weighted by Gasteiger charge is -2.06. The maximum Gasteiger partial charge on any atom is 0.151 e. The topological polar surface area (TPSA) is 46.2 Å². The highest BCUT2D eigenvalue weighted by atomic mass is 32.2. The van der Waals surface area contributed by atoms with Gasteiger partial charge >= 0.3 is 0 Å². The van der Waals surface area contributed by atoms with Crippen molar-refractivity contribution in [2.45, 2.75) is 59.3 Å². The van der Waals surface area contributed by atoms with Gasteiger partial charge in [0.05, 0.1) is 5.75 Å². The fourth-order valence-corrected chi connectivity index (χ4v) is 3.20. The molecule has 0 saturated carbocycles. The summed E-state index contributed by atoms with van der Waals surface area (Å²) in [6.45, 7) is 7.98. The zero-order chi connectivity index (χ0) is 13.9. The molecular weight excluding hydrogens is 246 g/mol. The molecule has 0 spiro atoms. The van der Waals surface area contributed by atoms with Crippen LogP contribution < -0.4 is 5.32 Å². The Morgan fingerprint density at radius 2 is 1.61 bits per heavy atom. The second kappa shape index (κ2) is 10.8. The number of unbranched alkanes of at least 4 members (excludes halogenated alkanes) is 3. The minimum atomic E-state index is -2.81. The van der Waals surface area contributed by atoms with E-state index in [2.05, 4.69) is 19.2 Å². The Morgan fingerprint density at radius 3 is 2.22 bits per heavy atom. The zero-order valence-electron chi connectivity index (χ0n) is 12.4. The average molecular weight is 277 g/mol. The van der Waals surface area contributed by atoms with Crippen LogP contribution in [0, 0.1) is 5.92 Å². The van der Waals surface area contributed by atoms with E-state index < -0.39 is 9.84 Å². The molecule has 0 heterocycles. The summed E-state index contributed by atoms with van der Waals surface area (Å²) < 4.78 is 22.9. The fraction of sp³-hybridized carbons (Fsp3) is 1.00. The summed E-state index contributed by atoms with van der Waals surface area (Å²) in [6, 6.07) is 0. The van der Waals surface area contributed by atoms with Crippen LogP contribution in [0.15, 0.2) is 0 Å². The molecule has 3 nitrogen and oxygen atoms in total. The first kappa shape index (κ1) is 17.9. The van der Waals surface area contributed by atoms with Gasteiger partial charge in [0.25, 0.3) is 0 Å². The Labute approximate surface area is 114 Å². The predicted octanol–water partition coefficient (Wildman–Crippen LogP) is 3.01. The van der Waals surface area contributed by atoms with Gasteiger partial charge in [0.2, 0.25) is 0 Å². The predicted molar refractivity (Wildman–Crippen MR) is 79.7 cm³/mol. The molecule has 0 amide bonds. The van der Waals surface area contributed by atoms with Crippen LogP contribution in [0.3, 0.4) is 0 Å². The molecule has 18 heavy (non-hydrogen) atoms. The van der Waals surface area contributed by atoms with E-state index in [1.807, 2.05) is 6.92 Å². The molecule has 0 aliphatic heterocycles. The van der Waals surface area contributed by atoms with Crippen molar-refractivity contribution in [2.75, 3.05) is 24.6 Å². The summed E-state index contributed by atoms with van der Waals surface area (Å²) >= 11 is 0. The monoisotopic (exact) mass is 277 g/mol.